The minimum Gasteiger partial charge on any atom is -0.406 e. The maximum absolute atomic E-state index is 12.4. The van der Waals surface area contributed by atoms with Crippen molar-refractivity contribution in [3.63, 3.8) is 0 Å². The Morgan fingerprint density at radius 2 is 1.77 bits per heavy atom. The van der Waals surface area contributed by atoms with E-state index in [2.05, 4.69) is 4.74 Å². The highest BCUT2D eigenvalue weighted by atomic mass is 19.4. The second kappa shape index (κ2) is 6.11. The minimum atomic E-state index is -4.64. The van der Waals surface area contributed by atoms with Gasteiger partial charge in [0.05, 0.1) is 0 Å². The van der Waals surface area contributed by atoms with Crippen LogP contribution in [0.15, 0.2) is 24.3 Å². The molecule has 122 valence electrons. The van der Waals surface area contributed by atoms with Crippen LogP contribution in [0.5, 0.6) is 5.75 Å². The molecular formula is C17H22F3NO. The van der Waals surface area contributed by atoms with Crippen LogP contribution in [-0.2, 0) is 0 Å². The van der Waals surface area contributed by atoms with Crippen molar-refractivity contribution in [2.75, 3.05) is 0 Å². The molecule has 2 aliphatic carbocycles. The first-order valence-electron chi connectivity index (χ1n) is 8.05. The molecule has 0 amide bonds. The quantitative estimate of drug-likeness (QED) is 0.885. The van der Waals surface area contributed by atoms with Gasteiger partial charge in [-0.05, 0) is 61.1 Å². The van der Waals surface area contributed by atoms with Gasteiger partial charge < -0.3 is 10.5 Å². The van der Waals surface area contributed by atoms with Crippen LogP contribution in [0.1, 0.15) is 50.0 Å². The van der Waals surface area contributed by atoms with Crippen molar-refractivity contribution in [1.82, 2.24) is 0 Å². The second-order valence-electron chi connectivity index (χ2n) is 6.58. The Balaban J connectivity index is 1.72. The Morgan fingerprint density at radius 3 is 2.41 bits per heavy atom. The number of nitrogens with two attached hydrogens (primary N) is 1. The summed E-state index contributed by atoms with van der Waals surface area (Å²) in [5.41, 5.74) is 7.22. The van der Waals surface area contributed by atoms with Crippen LogP contribution >= 0.6 is 0 Å². The fraction of sp³-hybridized carbons (Fsp3) is 0.647. The molecular weight excluding hydrogens is 291 g/mol. The lowest BCUT2D eigenvalue weighted by atomic mass is 9.60. The molecule has 2 saturated carbocycles. The molecule has 1 aromatic carbocycles. The molecule has 0 spiro atoms. The first-order valence-corrected chi connectivity index (χ1v) is 8.05. The van der Waals surface area contributed by atoms with Crippen LogP contribution in [0.2, 0.25) is 0 Å². The van der Waals surface area contributed by atoms with Crippen molar-refractivity contribution in [2.45, 2.75) is 56.8 Å². The van der Waals surface area contributed by atoms with E-state index in [1.807, 2.05) is 6.07 Å². The molecule has 0 bridgehead atoms. The summed E-state index contributed by atoms with van der Waals surface area (Å²) in [6.45, 7) is 0. The number of benzene rings is 1. The number of hydrogen-bond donors (Lipinski definition) is 1. The van der Waals surface area contributed by atoms with Gasteiger partial charge in [0.25, 0.3) is 0 Å². The highest BCUT2D eigenvalue weighted by molar-refractivity contribution is 5.33. The van der Waals surface area contributed by atoms with Crippen molar-refractivity contribution in [3.8, 4) is 5.75 Å². The summed E-state index contributed by atoms with van der Waals surface area (Å²) < 4.78 is 41.1. The lowest BCUT2D eigenvalue weighted by Crippen LogP contribution is -2.43. The van der Waals surface area contributed by atoms with Crippen LogP contribution in [0, 0.1) is 11.8 Å². The summed E-state index contributed by atoms with van der Waals surface area (Å²) in [6.07, 6.45) is 2.18. The monoisotopic (exact) mass is 313 g/mol. The number of ether oxygens (including phenoxy) is 1. The van der Waals surface area contributed by atoms with E-state index in [1.54, 1.807) is 12.1 Å². The van der Waals surface area contributed by atoms with Gasteiger partial charge in [0.2, 0.25) is 0 Å². The Bertz CT molecular complexity index is 517. The SMILES string of the molecule is NC1CCCCC1C1CCC1c1cccc(OC(F)(F)F)c1. The van der Waals surface area contributed by atoms with E-state index in [0.29, 0.717) is 17.8 Å². The minimum absolute atomic E-state index is 0.122. The molecule has 4 unspecified atom stereocenters. The topological polar surface area (TPSA) is 35.2 Å². The average molecular weight is 313 g/mol. The molecule has 0 saturated heterocycles. The van der Waals surface area contributed by atoms with Gasteiger partial charge in [-0.2, -0.15) is 0 Å². The van der Waals surface area contributed by atoms with E-state index in [1.165, 1.54) is 18.9 Å². The highest BCUT2D eigenvalue weighted by Crippen LogP contribution is 2.50. The van der Waals surface area contributed by atoms with Crippen LogP contribution in [-0.4, -0.2) is 12.4 Å². The van der Waals surface area contributed by atoms with E-state index in [-0.39, 0.29) is 11.8 Å². The zero-order valence-corrected chi connectivity index (χ0v) is 12.5. The first-order chi connectivity index (χ1) is 10.4. The van der Waals surface area contributed by atoms with E-state index in [4.69, 9.17) is 5.73 Å². The van der Waals surface area contributed by atoms with Gasteiger partial charge in [0.15, 0.2) is 0 Å². The number of halogens is 3. The fourth-order valence-corrected chi connectivity index (χ4v) is 4.11. The molecule has 1 aromatic rings. The third kappa shape index (κ3) is 3.40. The van der Waals surface area contributed by atoms with Crippen molar-refractivity contribution in [3.05, 3.63) is 29.8 Å². The third-order valence-electron chi connectivity index (χ3n) is 5.27. The number of alkyl halides is 3. The summed E-state index contributed by atoms with van der Waals surface area (Å²) >= 11 is 0. The molecule has 22 heavy (non-hydrogen) atoms. The first kappa shape index (κ1) is 15.7. The van der Waals surface area contributed by atoms with Crippen LogP contribution in [0.3, 0.4) is 0 Å². The summed E-state index contributed by atoms with van der Waals surface area (Å²) in [4.78, 5) is 0. The molecule has 2 nitrogen and oxygen atoms in total. The predicted molar refractivity (Wildman–Crippen MR) is 78.5 cm³/mol. The normalized spacial score (nSPS) is 32.4. The van der Waals surface area contributed by atoms with Gasteiger partial charge in [-0.3, -0.25) is 0 Å². The number of hydrogen-bond acceptors (Lipinski definition) is 2. The van der Waals surface area contributed by atoms with Crippen molar-refractivity contribution < 1.29 is 17.9 Å². The van der Waals surface area contributed by atoms with E-state index < -0.39 is 6.36 Å². The smallest absolute Gasteiger partial charge is 0.406 e. The molecule has 5 heteroatoms. The van der Waals surface area contributed by atoms with Gasteiger partial charge >= 0.3 is 6.36 Å². The maximum Gasteiger partial charge on any atom is 0.573 e. The Labute approximate surface area is 128 Å². The lowest BCUT2D eigenvalue weighted by Gasteiger charge is -2.46. The largest absolute Gasteiger partial charge is 0.573 e. The average Bonchev–Trinajstić information content (AvgIpc) is 2.38. The summed E-state index contributed by atoms with van der Waals surface area (Å²) in [6, 6.07) is 6.70. The summed E-state index contributed by atoms with van der Waals surface area (Å²) in [7, 11) is 0. The molecule has 0 radical (unpaired) electrons. The van der Waals surface area contributed by atoms with Crippen molar-refractivity contribution in [2.24, 2.45) is 17.6 Å². The zero-order valence-electron chi connectivity index (χ0n) is 12.5. The maximum atomic E-state index is 12.4. The van der Waals surface area contributed by atoms with E-state index in [0.717, 1.165) is 31.2 Å². The van der Waals surface area contributed by atoms with Crippen LogP contribution in [0.4, 0.5) is 13.2 Å². The lowest BCUT2D eigenvalue weighted by molar-refractivity contribution is -0.274. The van der Waals surface area contributed by atoms with Crippen LogP contribution in [0.25, 0.3) is 0 Å². The third-order valence-corrected chi connectivity index (χ3v) is 5.27. The molecule has 2 aliphatic rings. The molecule has 2 fully saturated rings. The fourth-order valence-electron chi connectivity index (χ4n) is 4.11. The molecule has 0 heterocycles. The summed E-state index contributed by atoms with van der Waals surface area (Å²) in [5, 5.41) is 0. The summed E-state index contributed by atoms with van der Waals surface area (Å²) in [5.74, 6) is 1.23. The molecule has 0 aromatic heterocycles. The Kier molecular flexibility index (Phi) is 4.35. The molecule has 0 aliphatic heterocycles. The molecule has 2 N–H and O–H groups in total. The van der Waals surface area contributed by atoms with Gasteiger partial charge in [-0.25, -0.2) is 0 Å². The van der Waals surface area contributed by atoms with Crippen LogP contribution < -0.4 is 10.5 Å². The van der Waals surface area contributed by atoms with Gasteiger partial charge in [-0.15, -0.1) is 13.2 Å². The standard InChI is InChI=1S/C17H22F3NO/c18-17(19,20)22-12-5-3-4-11(10-12)13-8-9-14(13)15-6-1-2-7-16(15)21/h3-5,10,13-16H,1-2,6-9,21H2. The Hall–Kier alpha value is -1.23. The molecule has 3 rings (SSSR count). The van der Waals surface area contributed by atoms with Gasteiger partial charge in [-0.1, -0.05) is 25.0 Å². The van der Waals surface area contributed by atoms with Crippen molar-refractivity contribution in [1.29, 1.82) is 0 Å². The zero-order chi connectivity index (χ0) is 15.7. The second-order valence-corrected chi connectivity index (χ2v) is 6.58. The number of rotatable bonds is 3. The molecule has 4 atom stereocenters. The van der Waals surface area contributed by atoms with E-state index in [9.17, 15) is 13.2 Å². The van der Waals surface area contributed by atoms with E-state index >= 15 is 0 Å². The van der Waals surface area contributed by atoms with Gasteiger partial charge in [0, 0.05) is 6.04 Å². The predicted octanol–water partition coefficient (Wildman–Crippen LogP) is 4.60. The van der Waals surface area contributed by atoms with Crippen molar-refractivity contribution >= 4 is 0 Å². The Morgan fingerprint density at radius 1 is 1.00 bits per heavy atom. The highest BCUT2D eigenvalue weighted by Gasteiger charge is 2.41. The van der Waals surface area contributed by atoms with Gasteiger partial charge in [0.1, 0.15) is 5.75 Å².